The van der Waals surface area contributed by atoms with Crippen LogP contribution in [0.1, 0.15) is 29.2 Å². The minimum absolute atomic E-state index is 0.0209. The summed E-state index contributed by atoms with van der Waals surface area (Å²) < 4.78 is 16.4. The van der Waals surface area contributed by atoms with Crippen LogP contribution in [0.25, 0.3) is 0 Å². The summed E-state index contributed by atoms with van der Waals surface area (Å²) in [5.74, 6) is 1.38. The van der Waals surface area contributed by atoms with Gasteiger partial charge in [-0.15, -0.1) is 0 Å². The number of nitrogens with zero attached hydrogens (tertiary/aromatic N) is 3. The third kappa shape index (κ3) is 4.73. The van der Waals surface area contributed by atoms with Crippen LogP contribution in [0.5, 0.6) is 11.5 Å². The van der Waals surface area contributed by atoms with Gasteiger partial charge in [-0.3, -0.25) is 9.69 Å². The Hall–Kier alpha value is -2.90. The Bertz CT molecular complexity index is 969. The van der Waals surface area contributed by atoms with Gasteiger partial charge in [-0.05, 0) is 24.6 Å². The largest absolute Gasteiger partial charge is 0.497 e. The van der Waals surface area contributed by atoms with Gasteiger partial charge in [0.1, 0.15) is 11.5 Å². The standard InChI is InChI=1S/C24H29N3O4/c1-17-5-4-6-18(13-17)21-15-22(20-8-7-19(29-2)14-23(20)30-3)27(25-21)24(28)16-26-9-11-31-12-10-26/h4-8,13-14,22H,9-12,15-16H2,1-3H3. The molecular weight excluding hydrogens is 394 g/mol. The van der Waals surface area contributed by atoms with Crippen molar-refractivity contribution >= 4 is 11.6 Å². The van der Waals surface area contributed by atoms with E-state index in [9.17, 15) is 4.79 Å². The molecule has 2 aromatic rings. The summed E-state index contributed by atoms with van der Waals surface area (Å²) in [5, 5.41) is 6.43. The molecule has 164 valence electrons. The van der Waals surface area contributed by atoms with E-state index in [0.717, 1.165) is 35.5 Å². The first-order chi connectivity index (χ1) is 15.1. The Labute approximate surface area is 183 Å². The zero-order chi connectivity index (χ0) is 21.8. The molecule has 1 unspecified atom stereocenters. The number of benzene rings is 2. The lowest BCUT2D eigenvalue weighted by atomic mass is 9.97. The minimum atomic E-state index is -0.232. The summed E-state index contributed by atoms with van der Waals surface area (Å²) in [4.78, 5) is 15.5. The third-order valence-corrected chi connectivity index (χ3v) is 5.78. The molecule has 4 rings (SSSR count). The molecule has 2 heterocycles. The van der Waals surface area contributed by atoms with Gasteiger partial charge in [0.25, 0.3) is 5.91 Å². The molecule has 1 atom stereocenters. The van der Waals surface area contributed by atoms with E-state index in [1.807, 2.05) is 30.3 Å². The van der Waals surface area contributed by atoms with Crippen LogP contribution in [0.2, 0.25) is 0 Å². The second kappa shape index (κ2) is 9.49. The zero-order valence-corrected chi connectivity index (χ0v) is 18.3. The highest BCUT2D eigenvalue weighted by molar-refractivity contribution is 6.03. The predicted octanol–water partition coefficient (Wildman–Crippen LogP) is 3.02. The van der Waals surface area contributed by atoms with Crippen LogP contribution in [0, 0.1) is 6.92 Å². The molecule has 0 spiro atoms. The second-order valence-electron chi connectivity index (χ2n) is 7.87. The Morgan fingerprint density at radius 2 is 1.94 bits per heavy atom. The topological polar surface area (TPSA) is 63.6 Å². The Balaban J connectivity index is 1.66. The van der Waals surface area contributed by atoms with Crippen molar-refractivity contribution in [2.75, 3.05) is 47.1 Å². The predicted molar refractivity (Wildman–Crippen MR) is 119 cm³/mol. The van der Waals surface area contributed by atoms with Gasteiger partial charge in [-0.1, -0.05) is 29.8 Å². The molecule has 0 aliphatic carbocycles. The molecule has 0 radical (unpaired) electrons. The Kier molecular flexibility index (Phi) is 6.53. The molecule has 1 fully saturated rings. The summed E-state index contributed by atoms with van der Waals surface area (Å²) in [5.41, 5.74) is 4.03. The smallest absolute Gasteiger partial charge is 0.257 e. The molecule has 2 aliphatic heterocycles. The van der Waals surface area contributed by atoms with Crippen molar-refractivity contribution in [2.45, 2.75) is 19.4 Å². The van der Waals surface area contributed by atoms with Crippen LogP contribution in [-0.2, 0) is 9.53 Å². The highest BCUT2D eigenvalue weighted by atomic mass is 16.5. The average molecular weight is 424 g/mol. The minimum Gasteiger partial charge on any atom is -0.497 e. The van der Waals surface area contributed by atoms with E-state index in [-0.39, 0.29) is 11.9 Å². The molecule has 0 N–H and O–H groups in total. The number of hydrazone groups is 1. The number of morpholine rings is 1. The number of aryl methyl sites for hydroxylation is 1. The average Bonchev–Trinajstić information content (AvgIpc) is 3.25. The monoisotopic (exact) mass is 423 g/mol. The molecule has 2 aliphatic rings. The number of hydrogen-bond acceptors (Lipinski definition) is 6. The van der Waals surface area contributed by atoms with Crippen molar-refractivity contribution in [1.29, 1.82) is 0 Å². The first-order valence-corrected chi connectivity index (χ1v) is 10.6. The number of amides is 1. The van der Waals surface area contributed by atoms with Gasteiger partial charge in [-0.25, -0.2) is 5.01 Å². The van der Waals surface area contributed by atoms with Crippen LogP contribution >= 0.6 is 0 Å². The quantitative estimate of drug-likeness (QED) is 0.715. The molecule has 0 saturated carbocycles. The summed E-state index contributed by atoms with van der Waals surface area (Å²) in [6.07, 6.45) is 0.626. The van der Waals surface area contributed by atoms with Crippen LogP contribution in [0.3, 0.4) is 0 Å². The van der Waals surface area contributed by atoms with Gasteiger partial charge in [0, 0.05) is 31.1 Å². The van der Waals surface area contributed by atoms with Gasteiger partial charge in [0.15, 0.2) is 0 Å². The van der Waals surface area contributed by atoms with Gasteiger partial charge in [0.05, 0.1) is 45.7 Å². The number of ether oxygens (including phenoxy) is 3. The van der Waals surface area contributed by atoms with Crippen LogP contribution in [-0.4, -0.2) is 68.6 Å². The van der Waals surface area contributed by atoms with E-state index < -0.39 is 0 Å². The fourth-order valence-electron chi connectivity index (χ4n) is 4.10. The lowest BCUT2D eigenvalue weighted by Crippen LogP contribution is -2.43. The van der Waals surface area contributed by atoms with E-state index in [2.05, 4.69) is 24.0 Å². The number of hydrogen-bond donors (Lipinski definition) is 0. The molecular formula is C24H29N3O4. The Morgan fingerprint density at radius 3 is 2.65 bits per heavy atom. The molecule has 1 saturated heterocycles. The van der Waals surface area contributed by atoms with Gasteiger partial charge >= 0.3 is 0 Å². The number of carbonyl (C=O) groups excluding carboxylic acids is 1. The van der Waals surface area contributed by atoms with Crippen LogP contribution in [0.15, 0.2) is 47.6 Å². The lowest BCUT2D eigenvalue weighted by Gasteiger charge is -2.29. The second-order valence-corrected chi connectivity index (χ2v) is 7.87. The molecule has 0 aromatic heterocycles. The highest BCUT2D eigenvalue weighted by Crippen LogP contribution is 2.39. The summed E-state index contributed by atoms with van der Waals surface area (Å²) in [6, 6.07) is 13.7. The van der Waals surface area contributed by atoms with Crippen molar-refractivity contribution in [3.05, 3.63) is 59.2 Å². The van der Waals surface area contributed by atoms with Crippen LogP contribution < -0.4 is 9.47 Å². The van der Waals surface area contributed by atoms with Crippen LogP contribution in [0.4, 0.5) is 0 Å². The summed E-state index contributed by atoms with van der Waals surface area (Å²) in [6.45, 7) is 5.20. The maximum Gasteiger partial charge on any atom is 0.257 e. The molecule has 7 heteroatoms. The van der Waals surface area contributed by atoms with Crippen molar-refractivity contribution < 1.29 is 19.0 Å². The number of rotatable bonds is 6. The van der Waals surface area contributed by atoms with Gasteiger partial charge in [0.2, 0.25) is 0 Å². The Morgan fingerprint density at radius 1 is 1.13 bits per heavy atom. The van der Waals surface area contributed by atoms with Crippen molar-refractivity contribution in [1.82, 2.24) is 9.91 Å². The number of methoxy groups -OCH3 is 2. The van der Waals surface area contributed by atoms with E-state index in [0.29, 0.717) is 37.7 Å². The third-order valence-electron chi connectivity index (χ3n) is 5.78. The lowest BCUT2D eigenvalue weighted by molar-refractivity contribution is -0.135. The zero-order valence-electron chi connectivity index (χ0n) is 18.3. The maximum absolute atomic E-state index is 13.3. The van der Waals surface area contributed by atoms with E-state index in [1.54, 1.807) is 19.2 Å². The summed E-state index contributed by atoms with van der Waals surface area (Å²) >= 11 is 0. The molecule has 0 bridgehead atoms. The van der Waals surface area contributed by atoms with Crippen molar-refractivity contribution in [3.8, 4) is 11.5 Å². The SMILES string of the molecule is COc1ccc(C2CC(c3cccc(C)c3)=NN2C(=O)CN2CCOCC2)c(OC)c1. The number of carbonyl (C=O) groups is 1. The molecule has 1 amide bonds. The van der Waals surface area contributed by atoms with E-state index >= 15 is 0 Å². The van der Waals surface area contributed by atoms with E-state index in [1.165, 1.54) is 0 Å². The highest BCUT2D eigenvalue weighted by Gasteiger charge is 2.35. The van der Waals surface area contributed by atoms with Crippen molar-refractivity contribution in [3.63, 3.8) is 0 Å². The van der Waals surface area contributed by atoms with Gasteiger partial charge < -0.3 is 14.2 Å². The molecule has 7 nitrogen and oxygen atoms in total. The fourth-order valence-corrected chi connectivity index (χ4v) is 4.10. The van der Waals surface area contributed by atoms with Crippen molar-refractivity contribution in [2.24, 2.45) is 5.10 Å². The van der Waals surface area contributed by atoms with E-state index in [4.69, 9.17) is 19.3 Å². The normalized spacial score (nSPS) is 19.3. The first-order valence-electron chi connectivity index (χ1n) is 10.6. The fraction of sp³-hybridized carbons (Fsp3) is 0.417. The molecule has 31 heavy (non-hydrogen) atoms. The summed E-state index contributed by atoms with van der Waals surface area (Å²) in [7, 11) is 3.26. The maximum atomic E-state index is 13.3. The van der Waals surface area contributed by atoms with Gasteiger partial charge in [-0.2, -0.15) is 5.10 Å². The first kappa shape index (κ1) is 21.3. The molecule has 2 aromatic carbocycles.